The summed E-state index contributed by atoms with van der Waals surface area (Å²) < 4.78 is 0. The minimum Gasteiger partial charge on any atom is -0.512 e. The van der Waals surface area contributed by atoms with Gasteiger partial charge in [0.15, 0.2) is 5.78 Å². The summed E-state index contributed by atoms with van der Waals surface area (Å²) in [6, 6.07) is 0. The quantitative estimate of drug-likeness (QED) is 0.529. The molecule has 1 N–H and O–H groups in total. The number of carbonyl (C=O) groups is 1. The van der Waals surface area contributed by atoms with Gasteiger partial charge in [-0.15, -0.1) is 0 Å². The van der Waals surface area contributed by atoms with E-state index < -0.39 is 5.41 Å². The molecule has 0 atom stereocenters. The molecule has 2 heteroatoms. The monoisotopic (exact) mass is 184 g/mol. The molecule has 0 heterocycles. The lowest BCUT2D eigenvalue weighted by Crippen LogP contribution is -2.22. The minimum atomic E-state index is -0.410. The zero-order chi connectivity index (χ0) is 10.8. The van der Waals surface area contributed by atoms with Gasteiger partial charge in [-0.3, -0.25) is 4.79 Å². The fourth-order valence-electron chi connectivity index (χ4n) is 1.11. The van der Waals surface area contributed by atoms with Crippen molar-refractivity contribution in [3.8, 4) is 0 Å². The van der Waals surface area contributed by atoms with Gasteiger partial charge >= 0.3 is 0 Å². The Labute approximate surface area is 80.7 Å². The van der Waals surface area contributed by atoms with Crippen LogP contribution in [0.25, 0.3) is 0 Å². The van der Waals surface area contributed by atoms with Gasteiger partial charge in [0.05, 0.1) is 0 Å². The Morgan fingerprint density at radius 3 is 1.85 bits per heavy atom. The van der Waals surface area contributed by atoms with Gasteiger partial charge in [0.25, 0.3) is 0 Å². The third kappa shape index (κ3) is 3.21. The topological polar surface area (TPSA) is 37.3 Å². The number of rotatable bonds is 2. The summed E-state index contributed by atoms with van der Waals surface area (Å²) in [4.78, 5) is 11.7. The van der Waals surface area contributed by atoms with Crippen LogP contribution in [-0.2, 0) is 4.79 Å². The second kappa shape index (κ2) is 3.95. The minimum absolute atomic E-state index is 0.0127. The molecule has 13 heavy (non-hydrogen) atoms. The first kappa shape index (κ1) is 12.2. The zero-order valence-corrected chi connectivity index (χ0v) is 9.43. The second-order valence-corrected chi connectivity index (χ2v) is 4.74. The number of carbonyl (C=O) groups excluding carboxylic acids is 1. The van der Waals surface area contributed by atoms with Crippen LogP contribution in [0, 0.1) is 11.3 Å². The number of hydrogen-bond acceptors (Lipinski definition) is 2. The van der Waals surface area contributed by atoms with Crippen molar-refractivity contribution in [1.29, 1.82) is 0 Å². The SMILES string of the molecule is C/C(C(=O)C(C)(C)C)=C(/O)C(C)C. The number of aliphatic hydroxyl groups excluding tert-OH is 1. The normalized spacial score (nSPS) is 14.4. The van der Waals surface area contributed by atoms with E-state index in [0.29, 0.717) is 5.57 Å². The molecule has 0 fully saturated rings. The number of hydrogen-bond donors (Lipinski definition) is 1. The first-order chi connectivity index (χ1) is 5.68. The van der Waals surface area contributed by atoms with Gasteiger partial charge in [0, 0.05) is 16.9 Å². The van der Waals surface area contributed by atoms with Crippen LogP contribution in [0.15, 0.2) is 11.3 Å². The Balaban J connectivity index is 4.90. The smallest absolute Gasteiger partial charge is 0.167 e. The molecular weight excluding hydrogens is 164 g/mol. The first-order valence-electron chi connectivity index (χ1n) is 4.62. The molecule has 0 radical (unpaired) electrons. The lowest BCUT2D eigenvalue weighted by atomic mass is 9.85. The van der Waals surface area contributed by atoms with E-state index in [2.05, 4.69) is 0 Å². The molecule has 0 bridgehead atoms. The zero-order valence-electron chi connectivity index (χ0n) is 9.43. The highest BCUT2D eigenvalue weighted by atomic mass is 16.3. The van der Waals surface area contributed by atoms with Crippen molar-refractivity contribution in [1.82, 2.24) is 0 Å². The Bertz CT molecular complexity index is 229. The van der Waals surface area contributed by atoms with Gasteiger partial charge < -0.3 is 5.11 Å². The standard InChI is InChI=1S/C11H20O2/c1-7(2)9(12)8(3)10(13)11(4,5)6/h7,12H,1-6H3/b9-8-. The average Bonchev–Trinajstić information content (AvgIpc) is 1.98. The van der Waals surface area contributed by atoms with Crippen molar-refractivity contribution < 1.29 is 9.90 Å². The number of ketones is 1. The van der Waals surface area contributed by atoms with Crippen LogP contribution >= 0.6 is 0 Å². The van der Waals surface area contributed by atoms with E-state index in [9.17, 15) is 9.90 Å². The van der Waals surface area contributed by atoms with E-state index in [4.69, 9.17) is 0 Å². The van der Waals surface area contributed by atoms with E-state index in [1.165, 1.54) is 0 Å². The summed E-state index contributed by atoms with van der Waals surface area (Å²) in [6.45, 7) is 11.0. The lowest BCUT2D eigenvalue weighted by molar-refractivity contribution is -0.122. The van der Waals surface area contributed by atoms with Gasteiger partial charge in [-0.25, -0.2) is 0 Å². The summed E-state index contributed by atoms with van der Waals surface area (Å²) >= 11 is 0. The molecule has 0 aromatic heterocycles. The molecule has 0 aromatic carbocycles. The molecule has 0 saturated carbocycles. The predicted octanol–water partition coefficient (Wildman–Crippen LogP) is 3.09. The molecule has 0 spiro atoms. The molecule has 0 aliphatic carbocycles. The third-order valence-corrected chi connectivity index (χ3v) is 1.95. The van der Waals surface area contributed by atoms with Crippen molar-refractivity contribution in [2.24, 2.45) is 11.3 Å². The van der Waals surface area contributed by atoms with E-state index in [0.717, 1.165) is 0 Å². The third-order valence-electron chi connectivity index (χ3n) is 1.95. The number of Topliss-reactive ketones (excluding diaryl/α,β-unsaturated/α-hetero) is 1. The van der Waals surface area contributed by atoms with E-state index in [1.54, 1.807) is 6.92 Å². The van der Waals surface area contributed by atoms with Crippen LogP contribution in [0.2, 0.25) is 0 Å². The van der Waals surface area contributed by atoms with Crippen molar-refractivity contribution in [3.63, 3.8) is 0 Å². The summed E-state index contributed by atoms with van der Waals surface area (Å²) in [5, 5.41) is 9.59. The molecule has 0 aliphatic rings. The number of aliphatic hydroxyl groups is 1. The van der Waals surface area contributed by atoms with Crippen LogP contribution in [0.4, 0.5) is 0 Å². The molecule has 0 aromatic rings. The fraction of sp³-hybridized carbons (Fsp3) is 0.727. The van der Waals surface area contributed by atoms with Crippen molar-refractivity contribution in [3.05, 3.63) is 11.3 Å². The Kier molecular flexibility index (Phi) is 3.71. The maximum absolute atomic E-state index is 11.7. The summed E-state index contributed by atoms with van der Waals surface area (Å²) in [5.74, 6) is 0.241. The Hall–Kier alpha value is -0.790. The molecule has 2 nitrogen and oxygen atoms in total. The Morgan fingerprint density at radius 2 is 1.62 bits per heavy atom. The van der Waals surface area contributed by atoms with Crippen LogP contribution in [0.1, 0.15) is 41.5 Å². The van der Waals surface area contributed by atoms with Crippen molar-refractivity contribution in [2.45, 2.75) is 41.5 Å². The molecule has 0 saturated heterocycles. The van der Waals surface area contributed by atoms with Crippen LogP contribution in [0.5, 0.6) is 0 Å². The van der Waals surface area contributed by atoms with E-state index in [-0.39, 0.29) is 17.5 Å². The predicted molar refractivity (Wildman–Crippen MR) is 54.6 cm³/mol. The summed E-state index contributed by atoms with van der Waals surface area (Å²) in [5.41, 5.74) is 0.0787. The highest BCUT2D eigenvalue weighted by Gasteiger charge is 2.25. The van der Waals surface area contributed by atoms with E-state index in [1.807, 2.05) is 34.6 Å². The van der Waals surface area contributed by atoms with Gasteiger partial charge in [-0.1, -0.05) is 34.6 Å². The van der Waals surface area contributed by atoms with Gasteiger partial charge in [0.1, 0.15) is 5.76 Å². The van der Waals surface area contributed by atoms with Crippen molar-refractivity contribution >= 4 is 5.78 Å². The van der Waals surface area contributed by atoms with Crippen LogP contribution in [-0.4, -0.2) is 10.9 Å². The molecular formula is C11H20O2. The maximum atomic E-state index is 11.7. The molecule has 0 unspecified atom stereocenters. The maximum Gasteiger partial charge on any atom is 0.167 e. The number of allylic oxidation sites excluding steroid dienone is 2. The molecule has 0 amide bonds. The second-order valence-electron chi connectivity index (χ2n) is 4.74. The lowest BCUT2D eigenvalue weighted by Gasteiger charge is -2.18. The fourth-order valence-corrected chi connectivity index (χ4v) is 1.11. The van der Waals surface area contributed by atoms with E-state index >= 15 is 0 Å². The highest BCUT2D eigenvalue weighted by molar-refractivity contribution is 5.98. The van der Waals surface area contributed by atoms with Gasteiger partial charge in [-0.05, 0) is 6.92 Å². The molecule has 76 valence electrons. The van der Waals surface area contributed by atoms with Gasteiger partial charge in [-0.2, -0.15) is 0 Å². The first-order valence-corrected chi connectivity index (χ1v) is 4.62. The average molecular weight is 184 g/mol. The largest absolute Gasteiger partial charge is 0.512 e. The van der Waals surface area contributed by atoms with Gasteiger partial charge in [0.2, 0.25) is 0 Å². The van der Waals surface area contributed by atoms with Crippen LogP contribution < -0.4 is 0 Å². The van der Waals surface area contributed by atoms with Crippen molar-refractivity contribution in [2.75, 3.05) is 0 Å². The molecule has 0 aliphatic heterocycles. The molecule has 0 rings (SSSR count). The summed E-state index contributed by atoms with van der Waals surface area (Å²) in [7, 11) is 0. The van der Waals surface area contributed by atoms with Crippen LogP contribution in [0.3, 0.4) is 0 Å². The highest BCUT2D eigenvalue weighted by Crippen LogP contribution is 2.23. The summed E-state index contributed by atoms with van der Waals surface area (Å²) in [6.07, 6.45) is 0. The Morgan fingerprint density at radius 1 is 1.23 bits per heavy atom.